The quantitative estimate of drug-likeness (QED) is 0.627. The maximum absolute atomic E-state index is 12.9. The van der Waals surface area contributed by atoms with Gasteiger partial charge in [0.2, 0.25) is 0 Å². The van der Waals surface area contributed by atoms with Crippen molar-refractivity contribution in [2.45, 2.75) is 51.3 Å². The third-order valence-corrected chi connectivity index (χ3v) is 5.15. The second kappa shape index (κ2) is 7.24. The minimum atomic E-state index is -4.59. The smallest absolute Gasteiger partial charge is 0.433 e. The Labute approximate surface area is 175 Å². The van der Waals surface area contributed by atoms with Crippen LogP contribution in [0.4, 0.5) is 18.0 Å². The van der Waals surface area contributed by atoms with E-state index in [0.717, 1.165) is 10.6 Å². The molecule has 0 unspecified atom stereocenters. The largest absolute Gasteiger partial charge is 0.444 e. The summed E-state index contributed by atoms with van der Waals surface area (Å²) in [5, 5.41) is 2.93. The van der Waals surface area contributed by atoms with Gasteiger partial charge in [0.1, 0.15) is 11.3 Å². The Balaban J connectivity index is 1.60. The fourth-order valence-electron chi connectivity index (χ4n) is 3.67. The van der Waals surface area contributed by atoms with Crippen LogP contribution in [0.2, 0.25) is 0 Å². The van der Waals surface area contributed by atoms with Gasteiger partial charge in [-0.2, -0.15) is 17.7 Å². The molecule has 0 spiro atoms. The lowest BCUT2D eigenvalue weighted by Crippen LogP contribution is -2.41. The highest BCUT2D eigenvalue weighted by Gasteiger charge is 2.33. The maximum atomic E-state index is 12.9. The Morgan fingerprint density at radius 2 is 1.84 bits per heavy atom. The molecule has 3 aromatic rings. The van der Waals surface area contributed by atoms with Gasteiger partial charge in [-0.3, -0.25) is 9.89 Å². The van der Waals surface area contributed by atoms with Crippen molar-refractivity contribution < 1.29 is 22.7 Å². The fraction of sp³-hybridized carbons (Fsp3) is 0.500. The summed E-state index contributed by atoms with van der Waals surface area (Å²) in [6.07, 6.45) is -3.77. The predicted octanol–water partition coefficient (Wildman–Crippen LogP) is 3.70. The number of aromatic amines is 1. The van der Waals surface area contributed by atoms with Crippen LogP contribution in [0.15, 0.2) is 23.0 Å². The number of fused-ring (bicyclic) bond motifs is 3. The van der Waals surface area contributed by atoms with E-state index in [1.54, 1.807) is 25.7 Å². The Bertz CT molecular complexity index is 1200. The number of hydrogen-bond donors (Lipinski definition) is 1. The van der Waals surface area contributed by atoms with Crippen molar-refractivity contribution in [3.63, 3.8) is 0 Å². The second-order valence-corrected chi connectivity index (χ2v) is 8.62. The summed E-state index contributed by atoms with van der Waals surface area (Å²) in [6, 6.07) is 3.51. The molecule has 4 heterocycles. The number of hydrogen-bond acceptors (Lipinski definition) is 5. The number of halogens is 3. The van der Waals surface area contributed by atoms with E-state index in [4.69, 9.17) is 4.74 Å². The van der Waals surface area contributed by atoms with Crippen molar-refractivity contribution in [2.24, 2.45) is 0 Å². The molecule has 1 amide bonds. The van der Waals surface area contributed by atoms with Gasteiger partial charge < -0.3 is 9.64 Å². The molecule has 0 aromatic carbocycles. The van der Waals surface area contributed by atoms with Crippen LogP contribution in [-0.4, -0.2) is 49.3 Å². The van der Waals surface area contributed by atoms with Gasteiger partial charge in [0.05, 0.1) is 11.1 Å². The molecule has 0 atom stereocenters. The molecule has 31 heavy (non-hydrogen) atoms. The number of piperidine rings is 1. The maximum Gasteiger partial charge on any atom is 0.433 e. The van der Waals surface area contributed by atoms with E-state index in [9.17, 15) is 22.8 Å². The standard InChI is InChI=1S/C20H22F3N5O3/c1-19(2,3)31-18(30)27-8-6-11(7-9-27)13-10-15(29)28-17(24-13)12-4-5-14(20(21,22)23)25-16(12)26-28/h4-5,10-11H,6-9H2,1-3H3,(H,25,26). The first-order valence-electron chi connectivity index (χ1n) is 9.90. The average Bonchev–Trinajstić information content (AvgIpc) is 3.05. The zero-order valence-electron chi connectivity index (χ0n) is 17.3. The van der Waals surface area contributed by atoms with E-state index in [1.807, 2.05) is 0 Å². The first-order chi connectivity index (χ1) is 14.4. The topological polar surface area (TPSA) is 92.6 Å². The number of alkyl halides is 3. The third-order valence-electron chi connectivity index (χ3n) is 5.15. The number of nitrogens with one attached hydrogen (secondary N) is 1. The van der Waals surface area contributed by atoms with Crippen LogP contribution in [0.3, 0.4) is 0 Å². The van der Waals surface area contributed by atoms with E-state index < -0.39 is 23.0 Å². The zero-order chi connectivity index (χ0) is 22.6. The number of amides is 1. The SMILES string of the molecule is CC(C)(C)OC(=O)N1CCC(c2cc(=O)n3[nH]c4nc(C(F)(F)F)ccc4c3n2)CC1. The van der Waals surface area contributed by atoms with Crippen LogP contribution in [0.5, 0.6) is 0 Å². The third kappa shape index (κ3) is 4.21. The Kier molecular flexibility index (Phi) is 4.94. The molecule has 1 N–H and O–H groups in total. The monoisotopic (exact) mass is 437 g/mol. The first kappa shape index (κ1) is 21.1. The Morgan fingerprint density at radius 1 is 1.16 bits per heavy atom. The van der Waals surface area contributed by atoms with Gasteiger partial charge in [-0.05, 0) is 45.7 Å². The lowest BCUT2D eigenvalue weighted by Gasteiger charge is -2.33. The molecule has 4 rings (SSSR count). The highest BCUT2D eigenvalue weighted by molar-refractivity contribution is 5.89. The van der Waals surface area contributed by atoms with Gasteiger partial charge >= 0.3 is 12.3 Å². The van der Waals surface area contributed by atoms with Crippen LogP contribution in [0.1, 0.15) is 50.9 Å². The van der Waals surface area contributed by atoms with Crippen molar-refractivity contribution in [1.82, 2.24) is 24.5 Å². The van der Waals surface area contributed by atoms with Crippen LogP contribution < -0.4 is 5.56 Å². The molecule has 11 heteroatoms. The molecule has 1 fully saturated rings. The minimum absolute atomic E-state index is 0.0521. The second-order valence-electron chi connectivity index (χ2n) is 8.62. The van der Waals surface area contributed by atoms with Crippen molar-refractivity contribution in [2.75, 3.05) is 13.1 Å². The summed E-state index contributed by atoms with van der Waals surface area (Å²) in [5.41, 5.74) is -1.33. The first-order valence-corrected chi connectivity index (χ1v) is 9.90. The summed E-state index contributed by atoms with van der Waals surface area (Å²) < 4.78 is 45.3. The van der Waals surface area contributed by atoms with Gasteiger partial charge in [0.15, 0.2) is 11.3 Å². The molecule has 0 radical (unpaired) electrons. The molecule has 3 aromatic heterocycles. The van der Waals surface area contributed by atoms with Gasteiger partial charge in [-0.1, -0.05) is 0 Å². The van der Waals surface area contributed by atoms with Crippen LogP contribution in [0.25, 0.3) is 16.7 Å². The number of pyridine rings is 1. The van der Waals surface area contributed by atoms with E-state index >= 15 is 0 Å². The van der Waals surface area contributed by atoms with E-state index in [1.165, 1.54) is 12.1 Å². The van der Waals surface area contributed by atoms with E-state index in [0.29, 0.717) is 37.0 Å². The van der Waals surface area contributed by atoms with E-state index in [2.05, 4.69) is 15.1 Å². The number of carbonyl (C=O) groups excluding carboxylic acids is 1. The highest BCUT2D eigenvalue weighted by atomic mass is 19.4. The molecule has 8 nitrogen and oxygen atoms in total. The van der Waals surface area contributed by atoms with Crippen molar-refractivity contribution in [1.29, 1.82) is 0 Å². The van der Waals surface area contributed by atoms with Crippen molar-refractivity contribution >= 4 is 22.8 Å². The van der Waals surface area contributed by atoms with Crippen molar-refractivity contribution in [3.05, 3.63) is 39.9 Å². The summed E-state index contributed by atoms with van der Waals surface area (Å²) in [4.78, 5) is 34.6. The summed E-state index contributed by atoms with van der Waals surface area (Å²) >= 11 is 0. The number of nitrogens with zero attached hydrogens (tertiary/aromatic N) is 4. The molecule has 0 saturated carbocycles. The number of aromatic nitrogens is 4. The summed E-state index contributed by atoms with van der Waals surface area (Å²) in [6.45, 7) is 6.34. The number of ether oxygens (including phenoxy) is 1. The molecule has 1 aliphatic heterocycles. The fourth-order valence-corrected chi connectivity index (χ4v) is 3.67. The van der Waals surface area contributed by atoms with Gasteiger partial charge in [0.25, 0.3) is 5.56 Å². The van der Waals surface area contributed by atoms with Crippen LogP contribution >= 0.6 is 0 Å². The highest BCUT2D eigenvalue weighted by Crippen LogP contribution is 2.31. The van der Waals surface area contributed by atoms with Crippen LogP contribution in [-0.2, 0) is 10.9 Å². The molecule has 1 aliphatic rings. The Morgan fingerprint density at radius 3 is 2.45 bits per heavy atom. The molecular weight excluding hydrogens is 415 g/mol. The number of likely N-dealkylation sites (tertiary alicyclic amines) is 1. The van der Waals surface area contributed by atoms with Gasteiger partial charge in [0, 0.05) is 25.1 Å². The molecule has 1 saturated heterocycles. The Hall–Kier alpha value is -3.11. The van der Waals surface area contributed by atoms with Gasteiger partial charge in [-0.25, -0.2) is 14.8 Å². The summed E-state index contributed by atoms with van der Waals surface area (Å²) in [7, 11) is 0. The molecule has 0 aliphatic carbocycles. The van der Waals surface area contributed by atoms with E-state index in [-0.39, 0.29) is 23.3 Å². The normalized spacial score (nSPS) is 16.3. The predicted molar refractivity (Wildman–Crippen MR) is 106 cm³/mol. The molecule has 0 bridgehead atoms. The summed E-state index contributed by atoms with van der Waals surface area (Å²) in [5.74, 6) is -0.0521. The van der Waals surface area contributed by atoms with Gasteiger partial charge in [-0.15, -0.1) is 0 Å². The lowest BCUT2D eigenvalue weighted by molar-refractivity contribution is -0.141. The van der Waals surface area contributed by atoms with Crippen molar-refractivity contribution in [3.8, 4) is 0 Å². The van der Waals surface area contributed by atoms with Crippen LogP contribution in [0, 0.1) is 0 Å². The number of rotatable bonds is 1. The molecular formula is C20H22F3N5O3. The molecule has 166 valence electrons. The number of carbonyl (C=O) groups is 1. The lowest BCUT2D eigenvalue weighted by atomic mass is 9.93. The minimum Gasteiger partial charge on any atom is -0.444 e. The zero-order valence-corrected chi connectivity index (χ0v) is 17.3. The number of H-pyrrole nitrogens is 1. The average molecular weight is 437 g/mol.